The zero-order chi connectivity index (χ0) is 14.6. The van der Waals surface area contributed by atoms with E-state index in [1.807, 2.05) is 0 Å². The molecule has 3 nitrogen and oxygen atoms in total. The topological polar surface area (TPSA) is 49.3 Å². The van der Waals surface area contributed by atoms with Gasteiger partial charge in [-0.3, -0.25) is 4.79 Å². The fourth-order valence-electron chi connectivity index (χ4n) is 1.30. The Balaban J connectivity index is 2.90. The molecule has 0 fully saturated rings. The third-order valence-corrected chi connectivity index (χ3v) is 3.15. The summed E-state index contributed by atoms with van der Waals surface area (Å²) in [7, 11) is 0. The Labute approximate surface area is 116 Å². The second-order valence-corrected chi connectivity index (χ2v) is 5.04. The lowest BCUT2D eigenvalue weighted by Gasteiger charge is -2.12. The molecule has 0 aliphatic rings. The van der Waals surface area contributed by atoms with E-state index in [1.165, 1.54) is 6.07 Å². The molecule has 0 aliphatic heterocycles. The van der Waals surface area contributed by atoms with Gasteiger partial charge in [-0.05, 0) is 40.0 Å². The highest BCUT2D eigenvalue weighted by Gasteiger charge is 2.31. The number of carbonyl (C=O) groups excluding carboxylic acids is 1. The van der Waals surface area contributed by atoms with Crippen molar-refractivity contribution >= 4 is 21.8 Å². The van der Waals surface area contributed by atoms with E-state index in [4.69, 9.17) is 5.11 Å². The molecule has 0 saturated heterocycles. The van der Waals surface area contributed by atoms with Crippen molar-refractivity contribution in [2.45, 2.75) is 13.1 Å². The minimum absolute atomic E-state index is 0.0834. The summed E-state index contributed by atoms with van der Waals surface area (Å²) in [5, 5.41) is 11.3. The van der Waals surface area contributed by atoms with Gasteiger partial charge in [0.05, 0.1) is 11.1 Å². The molecule has 7 heteroatoms. The molecule has 1 unspecified atom stereocenters. The lowest BCUT2D eigenvalue weighted by Crippen LogP contribution is -2.30. The highest BCUT2D eigenvalue weighted by atomic mass is 79.9. The van der Waals surface area contributed by atoms with Gasteiger partial charge in [-0.1, -0.05) is 6.92 Å². The van der Waals surface area contributed by atoms with E-state index in [9.17, 15) is 18.0 Å². The number of carbonyl (C=O) groups is 1. The summed E-state index contributed by atoms with van der Waals surface area (Å²) < 4.78 is 37.9. The largest absolute Gasteiger partial charge is 0.416 e. The van der Waals surface area contributed by atoms with E-state index in [2.05, 4.69) is 21.2 Å². The lowest BCUT2D eigenvalue weighted by molar-refractivity contribution is -0.137. The van der Waals surface area contributed by atoms with Gasteiger partial charge in [0, 0.05) is 17.6 Å². The first-order valence-corrected chi connectivity index (χ1v) is 6.30. The van der Waals surface area contributed by atoms with Crippen LogP contribution >= 0.6 is 15.9 Å². The summed E-state index contributed by atoms with van der Waals surface area (Å²) in [6, 6.07) is 2.88. The number of nitrogens with one attached hydrogen (secondary N) is 1. The smallest absolute Gasteiger partial charge is 0.396 e. The molecule has 19 heavy (non-hydrogen) atoms. The summed E-state index contributed by atoms with van der Waals surface area (Å²) in [5.74, 6) is -0.771. The van der Waals surface area contributed by atoms with Crippen molar-refractivity contribution in [2.75, 3.05) is 13.2 Å². The number of alkyl halides is 3. The van der Waals surface area contributed by atoms with Crippen LogP contribution < -0.4 is 5.32 Å². The number of aliphatic hydroxyl groups is 1. The van der Waals surface area contributed by atoms with Gasteiger partial charge >= 0.3 is 6.18 Å². The van der Waals surface area contributed by atoms with Crippen molar-refractivity contribution < 1.29 is 23.1 Å². The van der Waals surface area contributed by atoms with Crippen LogP contribution in [-0.4, -0.2) is 24.2 Å². The van der Waals surface area contributed by atoms with Crippen molar-refractivity contribution in [3.05, 3.63) is 33.8 Å². The van der Waals surface area contributed by atoms with Gasteiger partial charge in [-0.25, -0.2) is 0 Å². The van der Waals surface area contributed by atoms with Crippen LogP contribution in [0.25, 0.3) is 0 Å². The fourth-order valence-corrected chi connectivity index (χ4v) is 1.73. The number of aliphatic hydroxyl groups excluding tert-OH is 1. The molecule has 1 rings (SSSR count). The van der Waals surface area contributed by atoms with Crippen LogP contribution in [0.3, 0.4) is 0 Å². The van der Waals surface area contributed by atoms with Gasteiger partial charge in [-0.2, -0.15) is 13.2 Å². The Kier molecular flexibility index (Phi) is 5.37. The second-order valence-electron chi connectivity index (χ2n) is 4.19. The van der Waals surface area contributed by atoms with Crippen LogP contribution in [0.15, 0.2) is 22.7 Å². The van der Waals surface area contributed by atoms with Crippen molar-refractivity contribution in [1.82, 2.24) is 5.32 Å². The summed E-state index contributed by atoms with van der Waals surface area (Å²) in [6.07, 6.45) is -4.49. The minimum atomic E-state index is -4.49. The van der Waals surface area contributed by atoms with E-state index in [-0.39, 0.29) is 29.1 Å². The Morgan fingerprint density at radius 1 is 1.47 bits per heavy atom. The van der Waals surface area contributed by atoms with Crippen LogP contribution in [-0.2, 0) is 6.18 Å². The average Bonchev–Trinajstić information content (AvgIpc) is 2.34. The Bertz CT molecular complexity index is 463. The van der Waals surface area contributed by atoms with Crippen molar-refractivity contribution in [2.24, 2.45) is 5.92 Å². The first kappa shape index (κ1) is 16.0. The maximum Gasteiger partial charge on any atom is 0.416 e. The van der Waals surface area contributed by atoms with Crippen LogP contribution in [0.5, 0.6) is 0 Å². The van der Waals surface area contributed by atoms with E-state index in [0.29, 0.717) is 0 Å². The molecular weight excluding hydrogens is 327 g/mol. The standard InChI is InChI=1S/C12H13BrF3NO2/c1-7(6-18)5-17-11(19)9-4-8(12(14,15)16)2-3-10(9)13/h2-4,7,18H,5-6H2,1H3,(H,17,19). The third kappa shape index (κ3) is 4.50. The van der Waals surface area contributed by atoms with Crippen LogP contribution in [0.2, 0.25) is 0 Å². The molecule has 0 aliphatic carbocycles. The molecule has 1 amide bonds. The highest BCUT2D eigenvalue weighted by molar-refractivity contribution is 9.10. The number of benzene rings is 1. The van der Waals surface area contributed by atoms with Gasteiger partial charge in [0.15, 0.2) is 0 Å². The minimum Gasteiger partial charge on any atom is -0.396 e. The first-order valence-electron chi connectivity index (χ1n) is 5.51. The van der Waals surface area contributed by atoms with Gasteiger partial charge in [0.1, 0.15) is 0 Å². The van der Waals surface area contributed by atoms with Crippen molar-refractivity contribution in [3.8, 4) is 0 Å². The SMILES string of the molecule is CC(CO)CNC(=O)c1cc(C(F)(F)F)ccc1Br. The number of hydrogen-bond donors (Lipinski definition) is 2. The van der Waals surface area contributed by atoms with E-state index in [0.717, 1.165) is 12.1 Å². The predicted octanol–water partition coefficient (Wildman–Crippen LogP) is 2.83. The third-order valence-electron chi connectivity index (χ3n) is 2.46. The Morgan fingerprint density at radius 2 is 2.11 bits per heavy atom. The van der Waals surface area contributed by atoms with E-state index >= 15 is 0 Å². The summed E-state index contributed by atoms with van der Waals surface area (Å²) in [6.45, 7) is 1.80. The van der Waals surface area contributed by atoms with Gasteiger partial charge in [0.2, 0.25) is 0 Å². The van der Waals surface area contributed by atoms with Crippen molar-refractivity contribution in [3.63, 3.8) is 0 Å². The molecule has 1 aromatic carbocycles. The fraction of sp³-hybridized carbons (Fsp3) is 0.417. The summed E-state index contributed by atoms with van der Waals surface area (Å²) in [5.41, 5.74) is -0.962. The quantitative estimate of drug-likeness (QED) is 0.886. The molecule has 0 bridgehead atoms. The maximum atomic E-state index is 12.6. The zero-order valence-electron chi connectivity index (χ0n) is 10.1. The molecule has 0 aromatic heterocycles. The molecule has 0 spiro atoms. The van der Waals surface area contributed by atoms with E-state index < -0.39 is 17.6 Å². The zero-order valence-corrected chi connectivity index (χ0v) is 11.7. The molecule has 0 saturated carbocycles. The van der Waals surface area contributed by atoms with Crippen LogP contribution in [0, 0.1) is 5.92 Å². The van der Waals surface area contributed by atoms with Crippen LogP contribution in [0.1, 0.15) is 22.8 Å². The van der Waals surface area contributed by atoms with Gasteiger partial charge < -0.3 is 10.4 Å². The first-order chi connectivity index (χ1) is 8.75. The predicted molar refractivity (Wildman–Crippen MR) is 67.7 cm³/mol. The van der Waals surface area contributed by atoms with Gasteiger partial charge in [-0.15, -0.1) is 0 Å². The van der Waals surface area contributed by atoms with Crippen molar-refractivity contribution in [1.29, 1.82) is 0 Å². The normalized spacial score (nSPS) is 13.2. The summed E-state index contributed by atoms with van der Waals surface area (Å²) in [4.78, 5) is 11.8. The lowest BCUT2D eigenvalue weighted by atomic mass is 10.1. The number of halogens is 4. The Morgan fingerprint density at radius 3 is 2.63 bits per heavy atom. The molecule has 0 radical (unpaired) electrons. The Hall–Kier alpha value is -1.08. The molecule has 1 aromatic rings. The number of amides is 1. The highest BCUT2D eigenvalue weighted by Crippen LogP contribution is 2.31. The molecule has 2 N–H and O–H groups in total. The molecule has 106 valence electrons. The molecule has 1 atom stereocenters. The van der Waals surface area contributed by atoms with E-state index in [1.54, 1.807) is 6.92 Å². The monoisotopic (exact) mass is 339 g/mol. The molecule has 0 heterocycles. The number of rotatable bonds is 4. The maximum absolute atomic E-state index is 12.6. The second kappa shape index (κ2) is 6.38. The number of hydrogen-bond acceptors (Lipinski definition) is 2. The summed E-state index contributed by atoms with van der Waals surface area (Å²) >= 11 is 3.04. The van der Waals surface area contributed by atoms with Crippen LogP contribution in [0.4, 0.5) is 13.2 Å². The molecular formula is C12H13BrF3NO2. The average molecular weight is 340 g/mol. The van der Waals surface area contributed by atoms with Gasteiger partial charge in [0.25, 0.3) is 5.91 Å².